The molecule has 1 aromatic heterocycles. The molecule has 4 aromatic rings. The largest absolute Gasteiger partial charge is 0.399 e. The lowest BCUT2D eigenvalue weighted by Crippen LogP contribution is -2.43. The molecule has 2 heterocycles. The average molecular weight is 469 g/mol. The first kappa shape index (κ1) is 22.0. The molecule has 0 spiro atoms. The fourth-order valence-corrected chi connectivity index (χ4v) is 4.47. The van der Waals surface area contributed by atoms with E-state index < -0.39 is 0 Å². The first-order valence-corrected chi connectivity index (χ1v) is 11.3. The van der Waals surface area contributed by atoms with Crippen LogP contribution in [0.1, 0.15) is 27.9 Å². The number of nitrogens with two attached hydrogens (primary N) is 2. The van der Waals surface area contributed by atoms with Gasteiger partial charge in [0.25, 0.3) is 0 Å². The first-order chi connectivity index (χ1) is 16.5. The summed E-state index contributed by atoms with van der Waals surface area (Å²) >= 11 is 6.29. The summed E-state index contributed by atoms with van der Waals surface area (Å²) in [5.74, 6) is 5.81. The third kappa shape index (κ3) is 4.34. The highest BCUT2D eigenvalue weighted by molar-refractivity contribution is 6.30. The maximum atomic E-state index is 6.29. The zero-order valence-electron chi connectivity index (χ0n) is 18.6. The van der Waals surface area contributed by atoms with Gasteiger partial charge in [-0.1, -0.05) is 48.5 Å². The maximum absolute atomic E-state index is 6.29. The van der Waals surface area contributed by atoms with Gasteiger partial charge in [0.1, 0.15) is 0 Å². The van der Waals surface area contributed by atoms with Gasteiger partial charge in [0, 0.05) is 41.1 Å². The van der Waals surface area contributed by atoms with Crippen LogP contribution in [-0.4, -0.2) is 9.55 Å². The summed E-state index contributed by atoms with van der Waals surface area (Å²) in [6, 6.07) is 22.1. The van der Waals surface area contributed by atoms with Crippen LogP contribution in [0.2, 0.25) is 5.02 Å². The molecule has 34 heavy (non-hydrogen) atoms. The molecule has 0 atom stereocenters. The van der Waals surface area contributed by atoms with Gasteiger partial charge in [0.05, 0.1) is 17.7 Å². The van der Waals surface area contributed by atoms with Crippen molar-refractivity contribution in [2.24, 2.45) is 5.84 Å². The quantitative estimate of drug-likeness (QED) is 0.213. The Morgan fingerprint density at radius 1 is 1.00 bits per heavy atom. The number of fused-ring (bicyclic) bond motifs is 1. The average Bonchev–Trinajstić information content (AvgIpc) is 3.26. The van der Waals surface area contributed by atoms with E-state index in [1.165, 1.54) is 5.56 Å². The molecule has 3 aromatic carbocycles. The third-order valence-electron chi connectivity index (χ3n) is 5.97. The Morgan fingerprint density at radius 3 is 2.56 bits per heavy atom. The Hall–Kier alpha value is -3.84. The molecule has 0 amide bonds. The number of hydrogen-bond acceptors (Lipinski definition) is 5. The molecule has 0 saturated carbocycles. The number of hydrogen-bond donors (Lipinski definition) is 3. The van der Waals surface area contributed by atoms with Crippen LogP contribution < -0.4 is 22.1 Å². The molecule has 0 aliphatic carbocycles. The van der Waals surface area contributed by atoms with Gasteiger partial charge < -0.3 is 10.3 Å². The number of halogens is 1. The summed E-state index contributed by atoms with van der Waals surface area (Å²) in [7, 11) is 0. The van der Waals surface area contributed by atoms with E-state index in [0.29, 0.717) is 5.02 Å². The van der Waals surface area contributed by atoms with Gasteiger partial charge in [0.15, 0.2) is 0 Å². The Kier molecular flexibility index (Phi) is 5.94. The van der Waals surface area contributed by atoms with Crippen molar-refractivity contribution in [3.8, 4) is 0 Å². The van der Waals surface area contributed by atoms with Crippen molar-refractivity contribution in [3.63, 3.8) is 0 Å². The lowest BCUT2D eigenvalue weighted by molar-refractivity contribution is 0.729. The molecule has 0 fully saturated rings. The van der Waals surface area contributed by atoms with Crippen molar-refractivity contribution < 1.29 is 0 Å². The van der Waals surface area contributed by atoms with Crippen LogP contribution >= 0.6 is 11.6 Å². The molecule has 0 radical (unpaired) electrons. The van der Waals surface area contributed by atoms with E-state index in [1.54, 1.807) is 5.01 Å². The lowest BCUT2D eigenvalue weighted by Gasteiger charge is -2.31. The molecule has 0 saturated heterocycles. The van der Waals surface area contributed by atoms with Crippen molar-refractivity contribution >= 4 is 28.5 Å². The number of anilines is 2. The van der Waals surface area contributed by atoms with E-state index >= 15 is 0 Å². The van der Waals surface area contributed by atoms with Crippen LogP contribution in [0.5, 0.6) is 0 Å². The molecule has 7 heteroatoms. The van der Waals surface area contributed by atoms with Gasteiger partial charge in [-0.25, -0.2) is 4.98 Å². The SMILES string of the molecule is C=C1C=C(c2cccc(Cl)c2)c2cc(Cc3cncn3Cc3ccc(N)cc3)ccc2N1NN. The van der Waals surface area contributed by atoms with Gasteiger partial charge in [-0.15, -0.1) is 0 Å². The van der Waals surface area contributed by atoms with Gasteiger partial charge in [-0.2, -0.15) is 5.53 Å². The molecule has 1 aliphatic rings. The number of nitrogens with zero attached hydrogens (tertiary/aromatic N) is 3. The van der Waals surface area contributed by atoms with E-state index in [1.807, 2.05) is 61.1 Å². The molecule has 5 rings (SSSR count). The van der Waals surface area contributed by atoms with Crippen LogP contribution in [-0.2, 0) is 13.0 Å². The summed E-state index contributed by atoms with van der Waals surface area (Å²) in [4.78, 5) is 4.39. The van der Waals surface area contributed by atoms with Crippen LogP contribution in [0.25, 0.3) is 5.57 Å². The van der Waals surface area contributed by atoms with Gasteiger partial charge in [-0.3, -0.25) is 10.9 Å². The highest BCUT2D eigenvalue weighted by Crippen LogP contribution is 2.39. The monoisotopic (exact) mass is 468 g/mol. The highest BCUT2D eigenvalue weighted by atomic mass is 35.5. The molecule has 1 aliphatic heterocycles. The van der Waals surface area contributed by atoms with E-state index in [2.05, 4.69) is 45.9 Å². The normalized spacial score (nSPS) is 13.1. The van der Waals surface area contributed by atoms with Crippen molar-refractivity contribution in [2.45, 2.75) is 13.0 Å². The minimum absolute atomic E-state index is 0.688. The number of benzene rings is 3. The van der Waals surface area contributed by atoms with Crippen molar-refractivity contribution in [1.29, 1.82) is 0 Å². The molecular weight excluding hydrogens is 444 g/mol. The number of rotatable bonds is 6. The summed E-state index contributed by atoms with van der Waals surface area (Å²) in [5.41, 5.74) is 17.6. The molecular formula is C27H25ClN6. The number of aromatic nitrogens is 2. The lowest BCUT2D eigenvalue weighted by atomic mass is 9.90. The fraction of sp³-hybridized carbons (Fsp3) is 0.0741. The topological polar surface area (TPSA) is 85.1 Å². The van der Waals surface area contributed by atoms with Crippen LogP contribution in [0.3, 0.4) is 0 Å². The molecule has 5 N–H and O–H groups in total. The minimum Gasteiger partial charge on any atom is -0.399 e. The first-order valence-electron chi connectivity index (χ1n) is 10.9. The van der Waals surface area contributed by atoms with E-state index in [0.717, 1.165) is 58.0 Å². The zero-order chi connectivity index (χ0) is 23.7. The van der Waals surface area contributed by atoms with E-state index in [-0.39, 0.29) is 0 Å². The third-order valence-corrected chi connectivity index (χ3v) is 6.21. The number of hydrazine groups is 2. The Labute approximate surface area is 203 Å². The maximum Gasteiger partial charge on any atom is 0.0951 e. The number of allylic oxidation sites excluding steroid dienone is 1. The molecule has 0 unspecified atom stereocenters. The van der Waals surface area contributed by atoms with E-state index in [4.69, 9.17) is 23.2 Å². The summed E-state index contributed by atoms with van der Waals surface area (Å²) < 4.78 is 2.16. The molecule has 0 bridgehead atoms. The fourth-order valence-electron chi connectivity index (χ4n) is 4.28. The molecule has 170 valence electrons. The second kappa shape index (κ2) is 9.19. The van der Waals surface area contributed by atoms with Crippen LogP contribution in [0, 0.1) is 0 Å². The summed E-state index contributed by atoms with van der Waals surface area (Å²) in [6.45, 7) is 4.89. The van der Waals surface area contributed by atoms with Gasteiger partial charge in [-0.05, 0) is 64.7 Å². The summed E-state index contributed by atoms with van der Waals surface area (Å²) in [5, 5.41) is 2.46. The second-order valence-corrected chi connectivity index (χ2v) is 8.74. The Balaban J connectivity index is 1.49. The van der Waals surface area contributed by atoms with Crippen LogP contribution in [0.4, 0.5) is 11.4 Å². The standard InChI is InChI=1S/C27H25ClN6/c1-18-11-25(21-3-2-4-22(28)14-21)26-13-20(7-10-27(26)34(18)32-30)12-24-15-31-17-33(24)16-19-5-8-23(29)9-6-19/h2-11,13-15,17,32H,1,12,16,29-30H2. The minimum atomic E-state index is 0.688. The number of nitrogens with one attached hydrogen (secondary N) is 1. The number of nitrogen functional groups attached to an aromatic ring is 1. The highest BCUT2D eigenvalue weighted by Gasteiger charge is 2.23. The van der Waals surface area contributed by atoms with E-state index in [9.17, 15) is 0 Å². The summed E-state index contributed by atoms with van der Waals surface area (Å²) in [6.07, 6.45) is 6.54. The van der Waals surface area contributed by atoms with Gasteiger partial charge in [0.2, 0.25) is 0 Å². The Morgan fingerprint density at radius 2 is 1.79 bits per heavy atom. The molecule has 6 nitrogen and oxygen atoms in total. The predicted molar refractivity (Wildman–Crippen MR) is 139 cm³/mol. The van der Waals surface area contributed by atoms with Crippen molar-refractivity contribution in [3.05, 3.63) is 131 Å². The van der Waals surface area contributed by atoms with Crippen molar-refractivity contribution in [2.75, 3.05) is 10.7 Å². The van der Waals surface area contributed by atoms with Crippen molar-refractivity contribution in [1.82, 2.24) is 15.1 Å². The number of imidazole rings is 1. The Bertz CT molecular complexity index is 1390. The smallest absolute Gasteiger partial charge is 0.0951 e. The predicted octanol–water partition coefficient (Wildman–Crippen LogP) is 4.90. The zero-order valence-corrected chi connectivity index (χ0v) is 19.3. The second-order valence-electron chi connectivity index (χ2n) is 8.31. The van der Waals surface area contributed by atoms with Crippen LogP contribution in [0.15, 0.2) is 97.6 Å². The van der Waals surface area contributed by atoms with Gasteiger partial charge >= 0.3 is 0 Å².